The molecular formula is C22H31O3P. The first kappa shape index (κ1) is 20.9. The van der Waals surface area contributed by atoms with Gasteiger partial charge in [-0.3, -0.25) is 0 Å². The lowest BCUT2D eigenvalue weighted by atomic mass is 10.0. The molecule has 0 bridgehead atoms. The van der Waals surface area contributed by atoms with Crippen LogP contribution >= 0.6 is 7.14 Å². The highest BCUT2D eigenvalue weighted by molar-refractivity contribution is 7.79. The third-order valence-electron chi connectivity index (χ3n) is 4.92. The van der Waals surface area contributed by atoms with E-state index in [2.05, 4.69) is 6.92 Å². The van der Waals surface area contributed by atoms with Gasteiger partial charge >= 0.3 is 0 Å². The number of benzene rings is 2. The summed E-state index contributed by atoms with van der Waals surface area (Å²) in [5.74, 6) is 0. The molecule has 3 atom stereocenters. The second-order valence-corrected chi connectivity index (χ2v) is 10.0. The van der Waals surface area contributed by atoms with Crippen LogP contribution in [0, 0.1) is 0 Å². The van der Waals surface area contributed by atoms with E-state index in [4.69, 9.17) is 0 Å². The molecule has 4 heteroatoms. The van der Waals surface area contributed by atoms with E-state index in [1.54, 1.807) is 6.92 Å². The lowest BCUT2D eigenvalue weighted by Crippen LogP contribution is -2.35. The number of aliphatic hydroxyl groups excluding tert-OH is 2. The molecule has 0 radical (unpaired) electrons. The largest absolute Gasteiger partial charge is 0.393 e. The number of hydrogen-bond acceptors (Lipinski definition) is 3. The third kappa shape index (κ3) is 5.07. The molecule has 142 valence electrons. The summed E-state index contributed by atoms with van der Waals surface area (Å²) in [6.45, 7) is 3.83. The van der Waals surface area contributed by atoms with Gasteiger partial charge in [-0.2, -0.15) is 0 Å². The predicted octanol–water partition coefficient (Wildman–Crippen LogP) is 4.08. The molecule has 0 saturated carbocycles. The van der Waals surface area contributed by atoms with Gasteiger partial charge in [-0.25, -0.2) is 0 Å². The standard InChI is InChI=1S/C22H31O3P/c1-3-4-15-22(21(24)17-16-18(2)23)26(25,19-11-7-5-8-12-19)20-13-9-6-10-14-20/h5-14,18,21-24H,3-4,15-17H2,1-2H3/t18?,21-,22+/m1/s1. The minimum atomic E-state index is -3.01. The molecule has 0 spiro atoms. The summed E-state index contributed by atoms with van der Waals surface area (Å²) in [5, 5.41) is 22.2. The van der Waals surface area contributed by atoms with Crippen LogP contribution in [0.1, 0.15) is 46.0 Å². The van der Waals surface area contributed by atoms with E-state index in [1.165, 1.54) is 0 Å². The average Bonchev–Trinajstić information content (AvgIpc) is 2.67. The van der Waals surface area contributed by atoms with Gasteiger partial charge in [0.2, 0.25) is 0 Å². The van der Waals surface area contributed by atoms with Crippen molar-refractivity contribution < 1.29 is 14.8 Å². The number of unbranched alkanes of at least 4 members (excludes halogenated alkanes) is 1. The zero-order chi connectivity index (χ0) is 19.0. The molecule has 1 unspecified atom stereocenters. The molecule has 0 heterocycles. The number of rotatable bonds is 10. The maximum Gasteiger partial charge on any atom is 0.148 e. The third-order valence-corrected chi connectivity index (χ3v) is 8.59. The van der Waals surface area contributed by atoms with Crippen LogP contribution in [0.25, 0.3) is 0 Å². The second kappa shape index (κ2) is 10.1. The fourth-order valence-corrected chi connectivity index (χ4v) is 6.94. The van der Waals surface area contributed by atoms with Crippen LogP contribution in [0.5, 0.6) is 0 Å². The van der Waals surface area contributed by atoms with E-state index in [0.29, 0.717) is 19.3 Å². The molecule has 2 rings (SSSR count). The molecule has 0 aromatic heterocycles. The molecule has 3 nitrogen and oxygen atoms in total. The van der Waals surface area contributed by atoms with Crippen molar-refractivity contribution in [3.05, 3.63) is 60.7 Å². The Morgan fingerprint density at radius 2 is 1.35 bits per heavy atom. The van der Waals surface area contributed by atoms with Crippen LogP contribution in [0.3, 0.4) is 0 Å². The van der Waals surface area contributed by atoms with Crippen molar-refractivity contribution in [3.8, 4) is 0 Å². The van der Waals surface area contributed by atoms with Crippen LogP contribution < -0.4 is 10.6 Å². The average molecular weight is 374 g/mol. The fraction of sp³-hybridized carbons (Fsp3) is 0.455. The second-order valence-electron chi connectivity index (χ2n) is 7.03. The summed E-state index contributed by atoms with van der Waals surface area (Å²) in [6, 6.07) is 19.1. The van der Waals surface area contributed by atoms with Gasteiger partial charge < -0.3 is 14.8 Å². The first-order valence-corrected chi connectivity index (χ1v) is 11.3. The SMILES string of the molecule is CCCC[C@@H]([C@H](O)CCC(C)O)P(=O)(c1ccccc1)c1ccccc1. The Hall–Kier alpha value is -1.41. The van der Waals surface area contributed by atoms with Crippen molar-refractivity contribution in [2.75, 3.05) is 0 Å². The Bertz CT molecular complexity index is 642. The van der Waals surface area contributed by atoms with Crippen LogP contribution in [0.2, 0.25) is 0 Å². The maximum atomic E-state index is 14.5. The number of aliphatic hydroxyl groups is 2. The minimum Gasteiger partial charge on any atom is -0.393 e. The Morgan fingerprint density at radius 1 is 0.846 bits per heavy atom. The minimum absolute atomic E-state index is 0.342. The Labute approximate surface area is 157 Å². The van der Waals surface area contributed by atoms with Gasteiger partial charge in [0.05, 0.1) is 12.2 Å². The highest BCUT2D eigenvalue weighted by Crippen LogP contribution is 2.52. The summed E-state index contributed by atoms with van der Waals surface area (Å²) >= 11 is 0. The number of hydrogen-bond donors (Lipinski definition) is 2. The van der Waals surface area contributed by atoms with E-state index < -0.39 is 19.3 Å². The molecule has 2 N–H and O–H groups in total. The lowest BCUT2D eigenvalue weighted by molar-refractivity contribution is 0.117. The smallest absolute Gasteiger partial charge is 0.148 e. The van der Waals surface area contributed by atoms with E-state index >= 15 is 0 Å². The maximum absolute atomic E-state index is 14.5. The predicted molar refractivity (Wildman–Crippen MR) is 110 cm³/mol. The van der Waals surface area contributed by atoms with E-state index in [-0.39, 0.29) is 5.66 Å². The van der Waals surface area contributed by atoms with Crippen molar-refractivity contribution in [3.63, 3.8) is 0 Å². The van der Waals surface area contributed by atoms with E-state index in [9.17, 15) is 14.8 Å². The van der Waals surface area contributed by atoms with Gasteiger partial charge in [0.15, 0.2) is 0 Å². The lowest BCUT2D eigenvalue weighted by Gasteiger charge is -2.32. The molecule has 0 aliphatic carbocycles. The van der Waals surface area contributed by atoms with Crippen molar-refractivity contribution in [2.45, 2.75) is 63.8 Å². The van der Waals surface area contributed by atoms with Gasteiger partial charge in [0.1, 0.15) is 7.14 Å². The molecule has 0 amide bonds. The van der Waals surface area contributed by atoms with Gasteiger partial charge in [0, 0.05) is 16.3 Å². The van der Waals surface area contributed by atoms with Gasteiger partial charge in [-0.1, -0.05) is 80.4 Å². The van der Waals surface area contributed by atoms with Crippen molar-refractivity contribution in [1.82, 2.24) is 0 Å². The van der Waals surface area contributed by atoms with E-state index in [1.807, 2.05) is 60.7 Å². The summed E-state index contributed by atoms with van der Waals surface area (Å²) in [4.78, 5) is 0. The van der Waals surface area contributed by atoms with Gasteiger partial charge in [-0.15, -0.1) is 0 Å². The fourth-order valence-electron chi connectivity index (χ4n) is 3.47. The molecule has 0 aliphatic rings. The molecule has 2 aromatic rings. The Balaban J connectivity index is 2.49. The van der Waals surface area contributed by atoms with E-state index in [0.717, 1.165) is 23.5 Å². The van der Waals surface area contributed by atoms with Crippen LogP contribution in [-0.4, -0.2) is 28.1 Å². The molecule has 0 aliphatic heterocycles. The van der Waals surface area contributed by atoms with Gasteiger partial charge in [-0.05, 0) is 26.2 Å². The summed E-state index contributed by atoms with van der Waals surface area (Å²) in [7, 11) is -3.01. The summed E-state index contributed by atoms with van der Waals surface area (Å²) in [6.07, 6.45) is 2.40. The van der Waals surface area contributed by atoms with Crippen molar-refractivity contribution >= 4 is 17.8 Å². The monoisotopic (exact) mass is 374 g/mol. The highest BCUT2D eigenvalue weighted by atomic mass is 31.2. The molecule has 2 aromatic carbocycles. The molecule has 0 fully saturated rings. The summed E-state index contributed by atoms with van der Waals surface area (Å²) in [5.41, 5.74) is -0.342. The Kier molecular flexibility index (Phi) is 8.09. The first-order chi connectivity index (χ1) is 12.5. The van der Waals surface area contributed by atoms with Crippen molar-refractivity contribution in [2.24, 2.45) is 0 Å². The van der Waals surface area contributed by atoms with Crippen LogP contribution in [0.4, 0.5) is 0 Å². The summed E-state index contributed by atoms with van der Waals surface area (Å²) < 4.78 is 14.5. The molecule has 26 heavy (non-hydrogen) atoms. The normalized spacial score (nSPS) is 15.4. The van der Waals surface area contributed by atoms with Crippen LogP contribution in [-0.2, 0) is 4.57 Å². The zero-order valence-corrected chi connectivity index (χ0v) is 16.7. The van der Waals surface area contributed by atoms with Crippen molar-refractivity contribution in [1.29, 1.82) is 0 Å². The van der Waals surface area contributed by atoms with Gasteiger partial charge in [0.25, 0.3) is 0 Å². The first-order valence-electron chi connectivity index (χ1n) is 9.57. The Morgan fingerprint density at radius 3 is 1.77 bits per heavy atom. The topological polar surface area (TPSA) is 57.5 Å². The zero-order valence-electron chi connectivity index (χ0n) is 15.8. The molecular weight excluding hydrogens is 343 g/mol. The van der Waals surface area contributed by atoms with Crippen LogP contribution in [0.15, 0.2) is 60.7 Å². The quantitative estimate of drug-likeness (QED) is 0.616. The molecule has 0 saturated heterocycles. The highest BCUT2D eigenvalue weighted by Gasteiger charge is 2.40.